The Morgan fingerprint density at radius 3 is 2.62 bits per heavy atom. The highest BCUT2D eigenvalue weighted by Gasteiger charge is 2.20. The zero-order valence-corrected chi connectivity index (χ0v) is 16.0. The third kappa shape index (κ3) is 3.91. The first-order valence-electron chi connectivity index (χ1n) is 9.37. The maximum Gasteiger partial charge on any atom is 0.220 e. The number of aromatic nitrogens is 2. The van der Waals surface area contributed by atoms with Gasteiger partial charge in [-0.25, -0.2) is 9.97 Å². The van der Waals surface area contributed by atoms with Crippen molar-refractivity contribution < 1.29 is 9.94 Å². The van der Waals surface area contributed by atoms with E-state index in [1.54, 1.807) is 12.3 Å². The Bertz CT molecular complexity index is 1130. The monoisotopic (exact) mass is 389 g/mol. The van der Waals surface area contributed by atoms with Crippen molar-refractivity contribution in [3.63, 3.8) is 0 Å². The zero-order chi connectivity index (χ0) is 20.4. The normalized spacial score (nSPS) is 17.3. The molecule has 0 spiro atoms. The Morgan fingerprint density at radius 1 is 1.17 bits per heavy atom. The summed E-state index contributed by atoms with van der Waals surface area (Å²) in [5.41, 5.74) is 9.17. The minimum absolute atomic E-state index is 0.213. The Hall–Kier alpha value is -3.42. The average molecular weight is 389 g/mol. The Kier molecular flexibility index (Phi) is 5.16. The van der Waals surface area contributed by atoms with Crippen LogP contribution in [0.5, 0.6) is 0 Å². The van der Waals surface area contributed by atoms with Crippen molar-refractivity contribution in [2.45, 2.75) is 12.5 Å². The number of nitrogens with two attached hydrogens (primary N) is 2. The third-order valence-corrected chi connectivity index (χ3v) is 5.10. The van der Waals surface area contributed by atoms with Gasteiger partial charge >= 0.3 is 0 Å². The van der Waals surface area contributed by atoms with E-state index in [1.165, 1.54) is 0 Å². The maximum absolute atomic E-state index is 9.75. The van der Waals surface area contributed by atoms with Crippen LogP contribution in [0.4, 0.5) is 11.6 Å². The number of aliphatic hydroxyl groups excluding tert-OH is 1. The average Bonchev–Trinajstić information content (AvgIpc) is 3.17. The van der Waals surface area contributed by atoms with E-state index >= 15 is 0 Å². The molecule has 7 heteroatoms. The molecule has 5 N–H and O–H groups in total. The lowest BCUT2D eigenvalue weighted by Gasteiger charge is -2.18. The minimum atomic E-state index is -0.267. The first-order valence-corrected chi connectivity index (χ1v) is 9.37. The van der Waals surface area contributed by atoms with E-state index in [2.05, 4.69) is 21.4 Å². The molecule has 1 fully saturated rings. The molecule has 1 unspecified atom stereocenters. The summed E-state index contributed by atoms with van der Waals surface area (Å²) in [6.07, 6.45) is 2.14. The molecule has 2 aromatic carbocycles. The molecule has 0 amide bonds. The van der Waals surface area contributed by atoms with Crippen molar-refractivity contribution in [1.29, 1.82) is 0 Å². The number of rotatable bonds is 4. The molecule has 0 saturated carbocycles. The Balaban J connectivity index is 1.76. The summed E-state index contributed by atoms with van der Waals surface area (Å²) in [6.45, 7) is 5.60. The van der Waals surface area contributed by atoms with Crippen molar-refractivity contribution in [3.05, 3.63) is 70.7 Å². The molecule has 2 heterocycles. The van der Waals surface area contributed by atoms with Gasteiger partial charge in [0.15, 0.2) is 5.76 Å². The first kappa shape index (κ1) is 18.9. The SMILES string of the molecule is C=c1ccc(-c2ccnc(N)n2)c/c1=C(/ON)c1ccc(N2CCC(O)C2)cc1. The molecule has 3 aromatic rings. The van der Waals surface area contributed by atoms with E-state index in [0.717, 1.165) is 40.2 Å². The predicted molar refractivity (Wildman–Crippen MR) is 114 cm³/mol. The highest BCUT2D eigenvalue weighted by molar-refractivity contribution is 5.66. The van der Waals surface area contributed by atoms with Crippen LogP contribution in [-0.4, -0.2) is 34.3 Å². The first-order chi connectivity index (χ1) is 14.0. The van der Waals surface area contributed by atoms with Gasteiger partial charge in [-0.2, -0.15) is 5.90 Å². The van der Waals surface area contributed by atoms with Crippen LogP contribution in [-0.2, 0) is 4.84 Å². The molecule has 29 heavy (non-hydrogen) atoms. The summed E-state index contributed by atoms with van der Waals surface area (Å²) >= 11 is 0. The summed E-state index contributed by atoms with van der Waals surface area (Å²) in [6, 6.07) is 15.4. The fourth-order valence-corrected chi connectivity index (χ4v) is 3.57. The summed E-state index contributed by atoms with van der Waals surface area (Å²) in [4.78, 5) is 15.6. The Labute approximate surface area is 168 Å². The fraction of sp³-hybridized carbons (Fsp3) is 0.182. The topological polar surface area (TPSA) is 111 Å². The standard InChI is InChI=1S/C22H23N5O2/c1-14-2-3-16(20-8-10-25-22(23)26-20)12-19(14)21(29-24)15-4-6-17(7-5-15)27-11-9-18(28)13-27/h2-8,10,12,18,28H,1,9,11,13,24H2,(H2,23,25,26)/b21-19-. The molecule has 148 valence electrons. The van der Waals surface area contributed by atoms with Crippen molar-refractivity contribution in [1.82, 2.24) is 9.97 Å². The smallest absolute Gasteiger partial charge is 0.220 e. The zero-order valence-electron chi connectivity index (χ0n) is 16.0. The van der Waals surface area contributed by atoms with Gasteiger partial charge in [-0.15, -0.1) is 0 Å². The van der Waals surface area contributed by atoms with Crippen LogP contribution in [0.15, 0.2) is 54.7 Å². The van der Waals surface area contributed by atoms with Crippen molar-refractivity contribution in [3.8, 4) is 11.3 Å². The van der Waals surface area contributed by atoms with Crippen LogP contribution in [0.3, 0.4) is 0 Å². The number of hydrogen-bond acceptors (Lipinski definition) is 7. The molecule has 1 saturated heterocycles. The van der Waals surface area contributed by atoms with Gasteiger partial charge in [0, 0.05) is 41.3 Å². The van der Waals surface area contributed by atoms with Crippen molar-refractivity contribution in [2.75, 3.05) is 23.7 Å². The number of β-amino-alcohol motifs (C(OH)–C–C–N with tert-alkyl or cyclic N) is 1. The van der Waals surface area contributed by atoms with Gasteiger partial charge in [0.05, 0.1) is 11.8 Å². The van der Waals surface area contributed by atoms with Crippen LogP contribution in [0.1, 0.15) is 12.0 Å². The second-order valence-electron chi connectivity index (χ2n) is 7.05. The Morgan fingerprint density at radius 2 is 1.97 bits per heavy atom. The molecule has 4 rings (SSSR count). The lowest BCUT2D eigenvalue weighted by molar-refractivity contribution is 0.198. The van der Waals surface area contributed by atoms with Gasteiger partial charge in [0.2, 0.25) is 5.95 Å². The van der Waals surface area contributed by atoms with Crippen LogP contribution >= 0.6 is 0 Å². The molecule has 1 aliphatic heterocycles. The molecule has 1 atom stereocenters. The number of nitrogens with zero attached hydrogens (tertiary/aromatic N) is 3. The number of hydrogen-bond donors (Lipinski definition) is 3. The number of nitrogen functional groups attached to an aromatic ring is 1. The van der Waals surface area contributed by atoms with Crippen molar-refractivity contribution >= 4 is 24.0 Å². The molecular weight excluding hydrogens is 366 g/mol. The van der Waals surface area contributed by atoms with Gasteiger partial charge in [-0.05, 0) is 48.0 Å². The summed E-state index contributed by atoms with van der Waals surface area (Å²) in [7, 11) is 0. The molecule has 0 aliphatic carbocycles. The number of anilines is 2. The lowest BCUT2D eigenvalue weighted by Crippen LogP contribution is -2.28. The van der Waals surface area contributed by atoms with Crippen LogP contribution in [0, 0.1) is 0 Å². The fourth-order valence-electron chi connectivity index (χ4n) is 3.57. The predicted octanol–water partition coefficient (Wildman–Crippen LogP) is 0.754. The lowest BCUT2D eigenvalue weighted by atomic mass is 10.1. The molecule has 7 nitrogen and oxygen atoms in total. The highest BCUT2D eigenvalue weighted by Crippen LogP contribution is 2.23. The van der Waals surface area contributed by atoms with Gasteiger partial charge < -0.3 is 20.6 Å². The molecule has 1 aliphatic rings. The number of aliphatic hydroxyl groups is 1. The van der Waals surface area contributed by atoms with Crippen molar-refractivity contribution in [2.24, 2.45) is 5.90 Å². The summed E-state index contributed by atoms with van der Waals surface area (Å²) in [5, 5.41) is 11.3. The van der Waals surface area contributed by atoms with Gasteiger partial charge in [0.25, 0.3) is 0 Å². The molecule has 1 aromatic heterocycles. The van der Waals surface area contributed by atoms with E-state index in [1.807, 2.05) is 42.5 Å². The second-order valence-corrected chi connectivity index (χ2v) is 7.05. The van der Waals surface area contributed by atoms with Gasteiger partial charge in [0.1, 0.15) is 0 Å². The van der Waals surface area contributed by atoms with E-state index in [0.29, 0.717) is 18.0 Å². The van der Waals surface area contributed by atoms with E-state index < -0.39 is 0 Å². The quantitative estimate of drug-likeness (QED) is 0.565. The van der Waals surface area contributed by atoms with E-state index in [9.17, 15) is 5.11 Å². The minimum Gasteiger partial charge on any atom is -0.410 e. The van der Waals surface area contributed by atoms with Crippen LogP contribution < -0.4 is 27.0 Å². The third-order valence-electron chi connectivity index (χ3n) is 5.10. The van der Waals surface area contributed by atoms with E-state index in [4.69, 9.17) is 16.5 Å². The largest absolute Gasteiger partial charge is 0.410 e. The highest BCUT2D eigenvalue weighted by atomic mass is 16.6. The molecular formula is C22H23N5O2. The van der Waals surface area contributed by atoms with Crippen LogP contribution in [0.2, 0.25) is 0 Å². The second kappa shape index (κ2) is 7.90. The van der Waals surface area contributed by atoms with E-state index in [-0.39, 0.29) is 12.1 Å². The van der Waals surface area contributed by atoms with Crippen LogP contribution in [0.25, 0.3) is 23.6 Å². The summed E-state index contributed by atoms with van der Waals surface area (Å²) < 4.78 is 0. The number of benzene rings is 2. The maximum atomic E-state index is 9.75. The van der Waals surface area contributed by atoms with Gasteiger partial charge in [-0.1, -0.05) is 18.7 Å². The summed E-state index contributed by atoms with van der Waals surface area (Å²) in [5.74, 6) is 6.38. The molecule has 0 bridgehead atoms. The van der Waals surface area contributed by atoms with Gasteiger partial charge in [-0.3, -0.25) is 0 Å². The molecule has 0 radical (unpaired) electrons.